The summed E-state index contributed by atoms with van der Waals surface area (Å²) in [4.78, 5) is 25.9. The number of carbonyl (C=O) groups excluding carboxylic acids is 2. The van der Waals surface area contributed by atoms with Crippen molar-refractivity contribution < 1.29 is 27.5 Å². The third-order valence-electron chi connectivity index (χ3n) is 5.08. The number of benzene rings is 1. The fraction of sp³-hybridized carbons (Fsp3) is 0.455. The van der Waals surface area contributed by atoms with E-state index in [9.17, 15) is 18.0 Å². The van der Waals surface area contributed by atoms with E-state index in [-0.39, 0.29) is 37.0 Å². The van der Waals surface area contributed by atoms with Crippen LogP contribution in [0.15, 0.2) is 35.2 Å². The van der Waals surface area contributed by atoms with Gasteiger partial charge in [0.05, 0.1) is 24.7 Å². The lowest BCUT2D eigenvalue weighted by atomic mass is 10.1. The minimum Gasteiger partial charge on any atom is -0.461 e. The Balaban J connectivity index is 2.46. The molecule has 0 aliphatic rings. The highest BCUT2D eigenvalue weighted by Gasteiger charge is 2.31. The number of rotatable bonds is 11. The van der Waals surface area contributed by atoms with Gasteiger partial charge in [0.15, 0.2) is 5.78 Å². The summed E-state index contributed by atoms with van der Waals surface area (Å²) in [6.45, 7) is 7.51. The smallest absolute Gasteiger partial charge is 0.355 e. The van der Waals surface area contributed by atoms with Crippen LogP contribution in [0.4, 0.5) is 0 Å². The number of hydrogen-bond donors (Lipinski definition) is 0. The molecule has 1 heterocycles. The van der Waals surface area contributed by atoms with Crippen molar-refractivity contribution >= 4 is 21.8 Å². The first kappa shape index (κ1) is 24.8. The third-order valence-corrected chi connectivity index (χ3v) is 6.94. The second-order valence-corrected chi connectivity index (χ2v) is 8.90. The van der Waals surface area contributed by atoms with Crippen molar-refractivity contribution in [2.45, 2.75) is 39.1 Å². The van der Waals surface area contributed by atoms with Crippen molar-refractivity contribution in [1.29, 1.82) is 0 Å². The molecule has 0 unspecified atom stereocenters. The van der Waals surface area contributed by atoms with Crippen LogP contribution >= 0.6 is 0 Å². The number of methoxy groups -OCH3 is 1. The van der Waals surface area contributed by atoms with E-state index in [1.807, 2.05) is 6.92 Å². The van der Waals surface area contributed by atoms with Crippen LogP contribution in [0.3, 0.4) is 0 Å². The SMILES string of the molecule is CCOC(=O)c1c(C)c(C(=O)CN(CCOC)S(=O)(=O)c2ccccc2)c(C)n1CC. The molecular formula is C22H30N2O6S. The summed E-state index contributed by atoms with van der Waals surface area (Å²) < 4.78 is 39.3. The van der Waals surface area contributed by atoms with Gasteiger partial charge >= 0.3 is 5.97 Å². The minimum absolute atomic E-state index is 0.0246. The number of ether oxygens (including phenoxy) is 2. The average molecular weight is 451 g/mol. The van der Waals surface area contributed by atoms with Crippen molar-refractivity contribution in [3.63, 3.8) is 0 Å². The maximum absolute atomic E-state index is 13.3. The average Bonchev–Trinajstić information content (AvgIpc) is 3.01. The van der Waals surface area contributed by atoms with Crippen LogP contribution in [0.1, 0.15) is 46.0 Å². The number of Topliss-reactive ketones (excluding diaryl/α,β-unsaturated/α-hetero) is 1. The zero-order valence-corrected chi connectivity index (χ0v) is 19.5. The molecule has 0 fully saturated rings. The van der Waals surface area contributed by atoms with Crippen LogP contribution in [0.2, 0.25) is 0 Å². The van der Waals surface area contributed by atoms with Gasteiger partial charge in [0.2, 0.25) is 10.0 Å². The summed E-state index contributed by atoms with van der Waals surface area (Å²) in [6.07, 6.45) is 0. The molecule has 0 saturated heterocycles. The van der Waals surface area contributed by atoms with Gasteiger partial charge in [-0.1, -0.05) is 18.2 Å². The fourth-order valence-corrected chi connectivity index (χ4v) is 5.02. The Morgan fingerprint density at radius 3 is 2.29 bits per heavy atom. The van der Waals surface area contributed by atoms with E-state index in [2.05, 4.69) is 0 Å². The normalized spacial score (nSPS) is 11.7. The van der Waals surface area contributed by atoms with Gasteiger partial charge in [0.1, 0.15) is 5.69 Å². The summed E-state index contributed by atoms with van der Waals surface area (Å²) in [5.41, 5.74) is 1.76. The van der Waals surface area contributed by atoms with Gasteiger partial charge in [-0.3, -0.25) is 4.79 Å². The maximum atomic E-state index is 13.3. The molecule has 0 radical (unpaired) electrons. The van der Waals surface area contributed by atoms with Crippen molar-refractivity contribution in [1.82, 2.24) is 8.87 Å². The monoisotopic (exact) mass is 450 g/mol. The van der Waals surface area contributed by atoms with Crippen LogP contribution in [-0.4, -0.2) is 62.5 Å². The Hall–Kier alpha value is -2.49. The molecule has 1 aromatic carbocycles. The van der Waals surface area contributed by atoms with Gasteiger partial charge in [-0.2, -0.15) is 4.31 Å². The highest BCUT2D eigenvalue weighted by atomic mass is 32.2. The summed E-state index contributed by atoms with van der Waals surface area (Å²) in [7, 11) is -2.43. The van der Waals surface area contributed by atoms with Crippen LogP contribution in [0, 0.1) is 13.8 Å². The topological polar surface area (TPSA) is 94.9 Å². The molecule has 0 amide bonds. The molecule has 0 atom stereocenters. The number of ketones is 1. The Morgan fingerprint density at radius 1 is 1.10 bits per heavy atom. The lowest BCUT2D eigenvalue weighted by Gasteiger charge is -2.21. The van der Waals surface area contributed by atoms with Gasteiger partial charge in [0, 0.05) is 31.5 Å². The van der Waals surface area contributed by atoms with Crippen LogP contribution < -0.4 is 0 Å². The fourth-order valence-electron chi connectivity index (χ4n) is 3.62. The van der Waals surface area contributed by atoms with Crippen molar-refractivity contribution in [2.24, 2.45) is 0 Å². The molecule has 0 aliphatic heterocycles. The number of aromatic nitrogens is 1. The second-order valence-electron chi connectivity index (χ2n) is 6.97. The summed E-state index contributed by atoms with van der Waals surface area (Å²) in [6, 6.07) is 7.96. The second kappa shape index (κ2) is 10.7. The molecule has 8 nitrogen and oxygen atoms in total. The summed E-state index contributed by atoms with van der Waals surface area (Å²) >= 11 is 0. The predicted octanol–water partition coefficient (Wildman–Crippen LogP) is 2.82. The molecule has 2 rings (SSSR count). The molecular weight excluding hydrogens is 420 g/mol. The molecule has 9 heteroatoms. The molecule has 31 heavy (non-hydrogen) atoms. The number of carbonyl (C=O) groups is 2. The van der Waals surface area contributed by atoms with E-state index in [4.69, 9.17) is 9.47 Å². The summed E-state index contributed by atoms with van der Waals surface area (Å²) in [5.74, 6) is -0.888. The molecule has 0 aliphatic carbocycles. The van der Waals surface area contributed by atoms with E-state index in [1.54, 1.807) is 43.5 Å². The van der Waals surface area contributed by atoms with Crippen molar-refractivity contribution in [3.8, 4) is 0 Å². The largest absolute Gasteiger partial charge is 0.461 e. The quantitative estimate of drug-likeness (QED) is 0.386. The van der Waals surface area contributed by atoms with Gasteiger partial charge in [0.25, 0.3) is 0 Å². The van der Waals surface area contributed by atoms with Gasteiger partial charge < -0.3 is 14.0 Å². The molecule has 0 bridgehead atoms. The number of nitrogens with zero attached hydrogens (tertiary/aromatic N) is 2. The van der Waals surface area contributed by atoms with Crippen molar-refractivity contribution in [2.75, 3.05) is 33.4 Å². The zero-order valence-electron chi connectivity index (χ0n) is 18.7. The number of hydrogen-bond acceptors (Lipinski definition) is 6. The first-order valence-electron chi connectivity index (χ1n) is 10.1. The van der Waals surface area contributed by atoms with E-state index in [0.29, 0.717) is 29.1 Å². The highest BCUT2D eigenvalue weighted by Crippen LogP contribution is 2.25. The predicted molar refractivity (Wildman–Crippen MR) is 117 cm³/mol. The minimum atomic E-state index is -3.90. The third kappa shape index (κ3) is 5.23. The van der Waals surface area contributed by atoms with E-state index in [1.165, 1.54) is 19.2 Å². The van der Waals surface area contributed by atoms with Gasteiger partial charge in [-0.25, -0.2) is 13.2 Å². The Labute approximate surface area is 183 Å². The maximum Gasteiger partial charge on any atom is 0.355 e. The lowest BCUT2D eigenvalue weighted by Crippen LogP contribution is -2.38. The van der Waals surface area contributed by atoms with Crippen molar-refractivity contribution in [3.05, 3.63) is 52.8 Å². The van der Waals surface area contributed by atoms with Gasteiger partial charge in [-0.05, 0) is 45.4 Å². The Bertz CT molecular complexity index is 1030. The Kier molecular flexibility index (Phi) is 8.55. The lowest BCUT2D eigenvalue weighted by molar-refractivity contribution is 0.0512. The molecule has 0 N–H and O–H groups in total. The van der Waals surface area contributed by atoms with E-state index in [0.717, 1.165) is 4.31 Å². The standard InChI is InChI=1S/C22H30N2O6S/c1-6-24-17(4)20(16(3)21(24)22(26)30-7-2)19(25)15-23(13-14-29-5)31(27,28)18-11-9-8-10-12-18/h8-12H,6-7,13-15H2,1-5H3. The molecule has 1 aromatic heterocycles. The van der Waals surface area contributed by atoms with E-state index >= 15 is 0 Å². The number of sulfonamides is 1. The molecule has 170 valence electrons. The highest BCUT2D eigenvalue weighted by molar-refractivity contribution is 7.89. The molecule has 0 saturated carbocycles. The van der Waals surface area contributed by atoms with E-state index < -0.39 is 16.0 Å². The van der Waals surface area contributed by atoms with Crippen LogP contribution in [-0.2, 0) is 26.0 Å². The van der Waals surface area contributed by atoms with Gasteiger partial charge in [-0.15, -0.1) is 0 Å². The molecule has 0 spiro atoms. The number of esters is 1. The zero-order chi connectivity index (χ0) is 23.2. The summed E-state index contributed by atoms with van der Waals surface area (Å²) in [5, 5.41) is 0. The van der Waals surface area contributed by atoms with Crippen LogP contribution in [0.25, 0.3) is 0 Å². The van der Waals surface area contributed by atoms with Crippen LogP contribution in [0.5, 0.6) is 0 Å². The first-order chi connectivity index (χ1) is 14.7. The first-order valence-corrected chi connectivity index (χ1v) is 11.6. The molecule has 2 aromatic rings. The Morgan fingerprint density at radius 2 is 1.74 bits per heavy atom.